The van der Waals surface area contributed by atoms with E-state index in [9.17, 15) is 0 Å². The first-order valence-corrected chi connectivity index (χ1v) is 20.3. The number of para-hydroxylation sites is 1. The van der Waals surface area contributed by atoms with Gasteiger partial charge in [0.05, 0.1) is 5.69 Å². The zero-order valence-electron chi connectivity index (χ0n) is 29.8. The minimum Gasteiger partial charge on any atom is -0.310 e. The third-order valence-corrected chi connectivity index (χ3v) is 13.2. The molecular weight excluding hydrogens is 703 g/mol. The number of nitrogens with zero attached hydrogens (tertiary/aromatic N) is 1. The second-order valence-electron chi connectivity index (χ2n) is 14.1. The monoisotopic (exact) mass is 735 g/mol. The minimum atomic E-state index is 1.11. The number of anilines is 3. The van der Waals surface area contributed by atoms with E-state index in [-0.39, 0.29) is 0 Å². The van der Waals surface area contributed by atoms with Crippen LogP contribution in [0.5, 0.6) is 0 Å². The molecule has 0 aliphatic heterocycles. The van der Waals surface area contributed by atoms with Gasteiger partial charge in [-0.25, -0.2) is 0 Å². The first-order chi connectivity index (χ1) is 27.3. The molecule has 11 rings (SSSR count). The smallest absolute Gasteiger partial charge is 0.0540 e. The summed E-state index contributed by atoms with van der Waals surface area (Å²) in [5.74, 6) is 0. The molecule has 0 saturated heterocycles. The number of benzene rings is 9. The van der Waals surface area contributed by atoms with Crippen molar-refractivity contribution in [2.45, 2.75) is 0 Å². The molecule has 0 aliphatic rings. The molecule has 0 radical (unpaired) electrons. The second-order valence-corrected chi connectivity index (χ2v) is 16.2. The molecule has 0 unspecified atom stereocenters. The number of thiophene rings is 2. The molecule has 258 valence electrons. The Hall–Kier alpha value is -6.52. The molecule has 0 atom stereocenters. The van der Waals surface area contributed by atoms with Gasteiger partial charge >= 0.3 is 0 Å². The maximum atomic E-state index is 2.44. The molecule has 0 bridgehead atoms. The number of hydrogen-bond acceptors (Lipinski definition) is 3. The molecule has 0 saturated carbocycles. The zero-order chi connectivity index (χ0) is 36.3. The fourth-order valence-corrected chi connectivity index (χ4v) is 10.5. The number of hydrogen-bond donors (Lipinski definition) is 0. The van der Waals surface area contributed by atoms with Crippen LogP contribution in [0, 0.1) is 0 Å². The maximum absolute atomic E-state index is 2.44. The van der Waals surface area contributed by atoms with Gasteiger partial charge in [0, 0.05) is 57.3 Å². The topological polar surface area (TPSA) is 3.24 Å². The zero-order valence-corrected chi connectivity index (χ0v) is 31.4. The van der Waals surface area contributed by atoms with E-state index in [4.69, 9.17) is 0 Å². The molecule has 3 heteroatoms. The Bertz CT molecular complexity index is 3220. The fourth-order valence-electron chi connectivity index (χ4n) is 8.32. The molecule has 2 aromatic heterocycles. The van der Waals surface area contributed by atoms with Crippen molar-refractivity contribution in [1.82, 2.24) is 0 Å². The van der Waals surface area contributed by atoms with E-state index in [1.807, 2.05) is 22.7 Å². The highest BCUT2D eigenvalue weighted by Gasteiger charge is 2.20. The quantitative estimate of drug-likeness (QED) is 0.164. The Labute approximate surface area is 327 Å². The molecular formula is C52H33NS2. The normalized spacial score (nSPS) is 11.6. The van der Waals surface area contributed by atoms with Crippen LogP contribution in [0.25, 0.3) is 84.5 Å². The largest absolute Gasteiger partial charge is 0.310 e. The number of fused-ring (bicyclic) bond motifs is 7. The summed E-state index contributed by atoms with van der Waals surface area (Å²) in [6.45, 7) is 0. The highest BCUT2D eigenvalue weighted by molar-refractivity contribution is 7.26. The van der Waals surface area contributed by atoms with E-state index >= 15 is 0 Å². The molecule has 0 fully saturated rings. The average molecular weight is 736 g/mol. The first-order valence-electron chi connectivity index (χ1n) is 18.7. The van der Waals surface area contributed by atoms with Crippen molar-refractivity contribution in [3.05, 3.63) is 200 Å². The summed E-state index contributed by atoms with van der Waals surface area (Å²) in [7, 11) is 0. The van der Waals surface area contributed by atoms with Crippen molar-refractivity contribution < 1.29 is 0 Å². The van der Waals surface area contributed by atoms with Gasteiger partial charge in [0.2, 0.25) is 0 Å². The average Bonchev–Trinajstić information content (AvgIpc) is 3.82. The Morgan fingerprint density at radius 2 is 0.891 bits per heavy atom. The van der Waals surface area contributed by atoms with Gasteiger partial charge in [-0.2, -0.15) is 0 Å². The molecule has 2 heterocycles. The molecule has 11 aromatic rings. The van der Waals surface area contributed by atoms with Crippen LogP contribution < -0.4 is 4.90 Å². The summed E-state index contributed by atoms with van der Waals surface area (Å²) >= 11 is 3.73. The summed E-state index contributed by atoms with van der Waals surface area (Å²) in [5.41, 5.74) is 10.7. The Morgan fingerprint density at radius 1 is 0.309 bits per heavy atom. The Balaban J connectivity index is 1.10. The molecule has 0 amide bonds. The van der Waals surface area contributed by atoms with Crippen LogP contribution in [0.1, 0.15) is 0 Å². The lowest BCUT2D eigenvalue weighted by molar-refractivity contribution is 1.28. The van der Waals surface area contributed by atoms with Gasteiger partial charge in [-0.1, -0.05) is 140 Å². The van der Waals surface area contributed by atoms with Crippen LogP contribution in [0.2, 0.25) is 0 Å². The number of rotatable bonds is 6. The highest BCUT2D eigenvalue weighted by Crippen LogP contribution is 2.47. The van der Waals surface area contributed by atoms with Gasteiger partial charge in [-0.15, -0.1) is 22.7 Å². The van der Waals surface area contributed by atoms with E-state index in [2.05, 4.69) is 205 Å². The van der Waals surface area contributed by atoms with Crippen molar-refractivity contribution >= 4 is 90.9 Å². The summed E-state index contributed by atoms with van der Waals surface area (Å²) < 4.78 is 5.26. The Kier molecular flexibility index (Phi) is 7.61. The van der Waals surface area contributed by atoms with Crippen molar-refractivity contribution in [2.75, 3.05) is 4.90 Å². The van der Waals surface area contributed by atoms with E-state index in [1.165, 1.54) is 84.5 Å². The second kappa shape index (κ2) is 13.1. The lowest BCUT2D eigenvalue weighted by Gasteiger charge is -2.28. The van der Waals surface area contributed by atoms with Crippen molar-refractivity contribution in [3.8, 4) is 33.4 Å². The van der Waals surface area contributed by atoms with Gasteiger partial charge in [-0.05, 0) is 99.3 Å². The van der Waals surface area contributed by atoms with Gasteiger partial charge in [-0.3, -0.25) is 0 Å². The third-order valence-electron chi connectivity index (χ3n) is 10.9. The summed E-state index contributed by atoms with van der Waals surface area (Å²) in [6, 6.07) is 73.5. The summed E-state index contributed by atoms with van der Waals surface area (Å²) in [5, 5.41) is 7.76. The van der Waals surface area contributed by atoms with Gasteiger partial charge in [0.15, 0.2) is 0 Å². The van der Waals surface area contributed by atoms with Crippen LogP contribution in [-0.4, -0.2) is 0 Å². The lowest BCUT2D eigenvalue weighted by atomic mass is 9.96. The van der Waals surface area contributed by atoms with Crippen LogP contribution in [-0.2, 0) is 0 Å². The van der Waals surface area contributed by atoms with Gasteiger partial charge < -0.3 is 4.90 Å². The van der Waals surface area contributed by atoms with Crippen molar-refractivity contribution in [1.29, 1.82) is 0 Å². The van der Waals surface area contributed by atoms with E-state index in [1.54, 1.807) is 0 Å². The van der Waals surface area contributed by atoms with E-state index < -0.39 is 0 Å². The predicted octanol–water partition coefficient (Wildman–Crippen LogP) is 16.0. The maximum Gasteiger partial charge on any atom is 0.0540 e. The molecule has 0 N–H and O–H groups in total. The molecule has 9 aromatic carbocycles. The minimum absolute atomic E-state index is 1.11. The molecule has 0 aliphatic carbocycles. The van der Waals surface area contributed by atoms with Gasteiger partial charge in [0.25, 0.3) is 0 Å². The first kappa shape index (κ1) is 32.0. The predicted molar refractivity (Wildman–Crippen MR) is 241 cm³/mol. The molecule has 1 nitrogen and oxygen atoms in total. The van der Waals surface area contributed by atoms with E-state index in [0.717, 1.165) is 17.1 Å². The van der Waals surface area contributed by atoms with Crippen molar-refractivity contribution in [2.24, 2.45) is 0 Å². The Morgan fingerprint density at radius 3 is 1.78 bits per heavy atom. The fraction of sp³-hybridized carbons (Fsp3) is 0. The third kappa shape index (κ3) is 5.43. The summed E-state index contributed by atoms with van der Waals surface area (Å²) in [4.78, 5) is 2.44. The van der Waals surface area contributed by atoms with E-state index in [0.29, 0.717) is 0 Å². The molecule has 55 heavy (non-hydrogen) atoms. The van der Waals surface area contributed by atoms with Gasteiger partial charge in [0.1, 0.15) is 0 Å². The standard InChI is InChI=1S/C52H33NS2/c1-2-16-40-34(12-1)13-10-20-41(40)35-26-29-38(30-27-35)53(39-15-9-14-36(32-39)37-28-31-50-46(33-37)43-18-4-7-23-48(43)54-50)47-22-6-3-17-42(47)44-21-11-25-51-52(44)45-19-5-8-24-49(45)55-51/h1-33H. The van der Waals surface area contributed by atoms with Crippen molar-refractivity contribution in [3.63, 3.8) is 0 Å². The van der Waals surface area contributed by atoms with Crippen LogP contribution >= 0.6 is 22.7 Å². The SMILES string of the molecule is c1cc(-c2ccc3sc4ccccc4c3c2)cc(N(c2ccc(-c3cccc4ccccc34)cc2)c2ccccc2-c2cccc3sc4ccccc4c23)c1. The molecule has 0 spiro atoms. The van der Waals surface area contributed by atoms with Crippen LogP contribution in [0.4, 0.5) is 17.1 Å². The highest BCUT2D eigenvalue weighted by atomic mass is 32.1. The summed E-state index contributed by atoms with van der Waals surface area (Å²) in [6.07, 6.45) is 0. The lowest BCUT2D eigenvalue weighted by Crippen LogP contribution is -2.11. The van der Waals surface area contributed by atoms with Crippen LogP contribution in [0.15, 0.2) is 200 Å². The van der Waals surface area contributed by atoms with Crippen LogP contribution in [0.3, 0.4) is 0 Å².